The van der Waals surface area contributed by atoms with Gasteiger partial charge < -0.3 is 9.72 Å². The van der Waals surface area contributed by atoms with Crippen LogP contribution in [-0.4, -0.2) is 18.1 Å². The van der Waals surface area contributed by atoms with Gasteiger partial charge in [0.1, 0.15) is 0 Å². The van der Waals surface area contributed by atoms with Gasteiger partial charge in [-0.1, -0.05) is 12.1 Å². The van der Waals surface area contributed by atoms with Crippen molar-refractivity contribution in [1.29, 1.82) is 0 Å². The Balaban J connectivity index is 2.31. The Morgan fingerprint density at radius 3 is 3.21 bits per heavy atom. The van der Waals surface area contributed by atoms with Gasteiger partial charge in [-0.15, -0.1) is 0 Å². The van der Waals surface area contributed by atoms with Crippen LogP contribution in [0.1, 0.15) is 5.69 Å². The number of hydrogen-bond donors (Lipinski definition) is 1. The topological polar surface area (TPSA) is 42.1 Å². The highest BCUT2D eigenvalue weighted by atomic mass is 16.5. The number of carbonyl (C=O) groups is 1. The standard InChI is InChI=1S/C11H10NO2/c1-14-11(13)7-9-6-8-4-2-3-5-10(8)12-9/h2,4-6,12H,7H2,1H3. The molecule has 2 aromatic rings. The number of aromatic amines is 1. The van der Waals surface area contributed by atoms with Crippen LogP contribution in [-0.2, 0) is 16.0 Å². The van der Waals surface area contributed by atoms with Gasteiger partial charge in [0, 0.05) is 11.2 Å². The fourth-order valence-corrected chi connectivity index (χ4v) is 1.40. The van der Waals surface area contributed by atoms with E-state index in [1.807, 2.05) is 24.3 Å². The quantitative estimate of drug-likeness (QED) is 0.728. The SMILES string of the molecule is COC(=O)Cc1cc2cc[c]cc2[nH]1. The van der Waals surface area contributed by atoms with E-state index in [4.69, 9.17) is 0 Å². The smallest absolute Gasteiger partial charge is 0.311 e. The van der Waals surface area contributed by atoms with E-state index in [1.165, 1.54) is 7.11 Å². The van der Waals surface area contributed by atoms with Crippen molar-refractivity contribution in [3.8, 4) is 0 Å². The summed E-state index contributed by atoms with van der Waals surface area (Å²) in [6, 6.07) is 10.6. The number of hydrogen-bond acceptors (Lipinski definition) is 2. The Hall–Kier alpha value is -1.77. The molecule has 0 amide bonds. The van der Waals surface area contributed by atoms with Gasteiger partial charge in [0.2, 0.25) is 0 Å². The maximum Gasteiger partial charge on any atom is 0.311 e. The van der Waals surface area contributed by atoms with Gasteiger partial charge in [0.25, 0.3) is 0 Å². The second-order valence-corrected chi connectivity index (χ2v) is 3.06. The number of ether oxygens (including phenoxy) is 1. The second-order valence-electron chi connectivity index (χ2n) is 3.06. The van der Waals surface area contributed by atoms with Crippen LogP contribution in [0, 0.1) is 6.07 Å². The molecule has 1 aromatic heterocycles. The molecule has 0 spiro atoms. The molecule has 3 heteroatoms. The lowest BCUT2D eigenvalue weighted by Gasteiger charge is -1.94. The van der Waals surface area contributed by atoms with Crippen LogP contribution in [0.25, 0.3) is 10.9 Å². The van der Waals surface area contributed by atoms with Gasteiger partial charge in [-0.25, -0.2) is 0 Å². The van der Waals surface area contributed by atoms with E-state index in [2.05, 4.69) is 15.8 Å². The second kappa shape index (κ2) is 3.54. The van der Waals surface area contributed by atoms with Crippen LogP contribution in [0.3, 0.4) is 0 Å². The molecule has 0 aliphatic rings. The zero-order chi connectivity index (χ0) is 9.97. The average molecular weight is 188 g/mol. The number of esters is 1. The van der Waals surface area contributed by atoms with Crippen LogP contribution in [0.5, 0.6) is 0 Å². The lowest BCUT2D eigenvalue weighted by molar-refractivity contribution is -0.139. The summed E-state index contributed by atoms with van der Waals surface area (Å²) >= 11 is 0. The molecule has 14 heavy (non-hydrogen) atoms. The van der Waals surface area contributed by atoms with Crippen molar-refractivity contribution >= 4 is 16.9 Å². The van der Waals surface area contributed by atoms with Crippen LogP contribution < -0.4 is 0 Å². The van der Waals surface area contributed by atoms with Gasteiger partial charge in [0.15, 0.2) is 0 Å². The molecule has 1 radical (unpaired) electrons. The molecule has 1 aromatic carbocycles. The number of nitrogens with one attached hydrogen (secondary N) is 1. The Morgan fingerprint density at radius 2 is 2.50 bits per heavy atom. The van der Waals surface area contributed by atoms with Gasteiger partial charge in [0.05, 0.1) is 13.5 Å². The predicted molar refractivity (Wildman–Crippen MR) is 52.9 cm³/mol. The molecular weight excluding hydrogens is 178 g/mol. The zero-order valence-corrected chi connectivity index (χ0v) is 7.83. The fourth-order valence-electron chi connectivity index (χ4n) is 1.40. The van der Waals surface area contributed by atoms with Crippen molar-refractivity contribution in [2.24, 2.45) is 0 Å². The van der Waals surface area contributed by atoms with Crippen molar-refractivity contribution in [1.82, 2.24) is 4.98 Å². The lowest BCUT2D eigenvalue weighted by atomic mass is 10.2. The Morgan fingerprint density at radius 1 is 1.64 bits per heavy atom. The van der Waals surface area contributed by atoms with E-state index in [0.29, 0.717) is 0 Å². The van der Waals surface area contributed by atoms with Crippen LogP contribution in [0.4, 0.5) is 0 Å². The molecule has 0 saturated carbocycles. The highest BCUT2D eigenvalue weighted by Crippen LogP contribution is 2.14. The normalized spacial score (nSPS) is 10.4. The van der Waals surface area contributed by atoms with E-state index in [9.17, 15) is 4.79 Å². The van der Waals surface area contributed by atoms with Gasteiger partial charge in [-0.3, -0.25) is 4.79 Å². The molecule has 1 heterocycles. The number of rotatable bonds is 2. The van der Waals surface area contributed by atoms with E-state index >= 15 is 0 Å². The number of fused-ring (bicyclic) bond motifs is 1. The highest BCUT2D eigenvalue weighted by molar-refractivity contribution is 5.82. The van der Waals surface area contributed by atoms with Crippen molar-refractivity contribution < 1.29 is 9.53 Å². The van der Waals surface area contributed by atoms with E-state index in [-0.39, 0.29) is 12.4 Å². The first-order valence-electron chi connectivity index (χ1n) is 4.34. The van der Waals surface area contributed by atoms with E-state index in [1.54, 1.807) is 0 Å². The monoisotopic (exact) mass is 188 g/mol. The average Bonchev–Trinajstić information content (AvgIpc) is 2.59. The zero-order valence-electron chi connectivity index (χ0n) is 7.83. The maximum atomic E-state index is 11.0. The third-order valence-electron chi connectivity index (χ3n) is 2.09. The molecule has 0 unspecified atom stereocenters. The first-order chi connectivity index (χ1) is 6.79. The molecule has 0 bridgehead atoms. The number of H-pyrrole nitrogens is 1. The van der Waals surface area contributed by atoms with Gasteiger partial charge >= 0.3 is 5.97 Å². The van der Waals surface area contributed by atoms with Crippen molar-refractivity contribution in [2.45, 2.75) is 6.42 Å². The number of aromatic nitrogens is 1. The summed E-state index contributed by atoms with van der Waals surface area (Å²) < 4.78 is 4.58. The molecule has 0 atom stereocenters. The van der Waals surface area contributed by atoms with Crippen molar-refractivity contribution in [3.63, 3.8) is 0 Å². The van der Waals surface area contributed by atoms with Crippen LogP contribution in [0.15, 0.2) is 24.3 Å². The summed E-state index contributed by atoms with van der Waals surface area (Å²) in [5, 5.41) is 1.09. The third kappa shape index (κ3) is 1.62. The summed E-state index contributed by atoms with van der Waals surface area (Å²) in [6.45, 7) is 0. The minimum Gasteiger partial charge on any atom is -0.469 e. The van der Waals surface area contributed by atoms with Crippen molar-refractivity contribution in [2.75, 3.05) is 7.11 Å². The first kappa shape index (κ1) is 8.81. The number of carbonyl (C=O) groups excluding carboxylic acids is 1. The highest BCUT2D eigenvalue weighted by Gasteiger charge is 2.05. The molecule has 3 nitrogen and oxygen atoms in total. The molecule has 0 fully saturated rings. The summed E-state index contributed by atoms with van der Waals surface area (Å²) in [6.07, 6.45) is 0.283. The maximum absolute atomic E-state index is 11.0. The third-order valence-corrected chi connectivity index (χ3v) is 2.09. The molecule has 0 saturated heterocycles. The summed E-state index contributed by atoms with van der Waals surface area (Å²) in [5.74, 6) is -0.236. The molecule has 71 valence electrons. The minimum atomic E-state index is -0.236. The van der Waals surface area contributed by atoms with Crippen molar-refractivity contribution in [3.05, 3.63) is 36.0 Å². The molecular formula is C11H10NO2. The fraction of sp³-hybridized carbons (Fsp3) is 0.182. The molecule has 1 N–H and O–H groups in total. The Bertz CT molecular complexity index is 426. The van der Waals surface area contributed by atoms with E-state index in [0.717, 1.165) is 16.6 Å². The first-order valence-corrected chi connectivity index (χ1v) is 4.34. The predicted octanol–water partition coefficient (Wildman–Crippen LogP) is 1.68. The minimum absolute atomic E-state index is 0.236. The number of benzene rings is 1. The van der Waals surface area contributed by atoms with Gasteiger partial charge in [-0.2, -0.15) is 0 Å². The largest absolute Gasteiger partial charge is 0.469 e. The lowest BCUT2D eigenvalue weighted by Crippen LogP contribution is -2.04. The van der Waals surface area contributed by atoms with Gasteiger partial charge in [-0.05, 0) is 23.6 Å². The summed E-state index contributed by atoms with van der Waals surface area (Å²) in [5.41, 5.74) is 1.86. The Kier molecular flexibility index (Phi) is 2.23. The summed E-state index contributed by atoms with van der Waals surface area (Å²) in [7, 11) is 1.39. The number of methoxy groups -OCH3 is 1. The van der Waals surface area contributed by atoms with Crippen LogP contribution >= 0.6 is 0 Å². The molecule has 0 aliphatic heterocycles. The van der Waals surface area contributed by atoms with E-state index < -0.39 is 0 Å². The Labute approximate surface area is 81.7 Å². The molecule has 0 aliphatic carbocycles. The molecule has 2 rings (SSSR count). The van der Waals surface area contributed by atoms with Crippen LogP contribution in [0.2, 0.25) is 0 Å². The summed E-state index contributed by atoms with van der Waals surface area (Å²) in [4.78, 5) is 14.1.